The van der Waals surface area contributed by atoms with Crippen molar-refractivity contribution >= 4 is 23.2 Å². The van der Waals surface area contributed by atoms with Crippen molar-refractivity contribution in [2.45, 2.75) is 0 Å². The molecule has 0 radical (unpaired) electrons. The van der Waals surface area contributed by atoms with Gasteiger partial charge in [-0.25, -0.2) is 0 Å². The molecule has 1 saturated heterocycles. The Morgan fingerprint density at radius 1 is 1.32 bits per heavy atom. The number of aliphatic hydroxyl groups is 1. The van der Waals surface area contributed by atoms with Crippen LogP contribution in [-0.2, 0) is 0 Å². The largest absolute Gasteiger partial charge is 0.398 e. The first-order valence-corrected chi connectivity index (χ1v) is 6.67. The standard InChI is InChI=1S/C13H18ClN3O2/c14-11-2-1-10(9-12(11)15)13(19)17-5-3-16(4-6-17)7-8-18/h1-2,9,18H,3-8,15H2. The summed E-state index contributed by atoms with van der Waals surface area (Å²) in [5.41, 5.74) is 6.70. The molecule has 1 aromatic carbocycles. The summed E-state index contributed by atoms with van der Waals surface area (Å²) in [5.74, 6) is -0.0213. The molecule has 1 fully saturated rings. The molecule has 104 valence electrons. The van der Waals surface area contributed by atoms with Gasteiger partial charge >= 0.3 is 0 Å². The molecular weight excluding hydrogens is 266 g/mol. The van der Waals surface area contributed by atoms with Gasteiger partial charge in [0.2, 0.25) is 0 Å². The van der Waals surface area contributed by atoms with Crippen molar-refractivity contribution in [3.63, 3.8) is 0 Å². The van der Waals surface area contributed by atoms with Crippen LogP contribution in [0.2, 0.25) is 5.02 Å². The Kier molecular flexibility index (Phi) is 4.63. The molecule has 1 aliphatic rings. The maximum absolute atomic E-state index is 12.3. The molecule has 0 aromatic heterocycles. The molecule has 0 spiro atoms. The van der Waals surface area contributed by atoms with E-state index < -0.39 is 0 Å². The van der Waals surface area contributed by atoms with E-state index in [9.17, 15) is 4.79 Å². The third kappa shape index (κ3) is 3.37. The fourth-order valence-corrected chi connectivity index (χ4v) is 2.29. The van der Waals surface area contributed by atoms with Crippen LogP contribution in [0.25, 0.3) is 0 Å². The maximum Gasteiger partial charge on any atom is 0.254 e. The topological polar surface area (TPSA) is 69.8 Å². The molecule has 0 unspecified atom stereocenters. The van der Waals surface area contributed by atoms with E-state index in [-0.39, 0.29) is 12.5 Å². The highest BCUT2D eigenvalue weighted by molar-refractivity contribution is 6.33. The number of benzene rings is 1. The number of nitrogens with zero attached hydrogens (tertiary/aromatic N) is 2. The zero-order valence-electron chi connectivity index (χ0n) is 10.7. The van der Waals surface area contributed by atoms with Crippen molar-refractivity contribution in [3.05, 3.63) is 28.8 Å². The van der Waals surface area contributed by atoms with Gasteiger partial charge in [0.1, 0.15) is 0 Å². The lowest BCUT2D eigenvalue weighted by atomic mass is 10.1. The van der Waals surface area contributed by atoms with E-state index in [1.54, 1.807) is 23.1 Å². The maximum atomic E-state index is 12.3. The highest BCUT2D eigenvalue weighted by Gasteiger charge is 2.22. The van der Waals surface area contributed by atoms with Crippen molar-refractivity contribution in [2.75, 3.05) is 45.1 Å². The predicted octanol–water partition coefficient (Wildman–Crippen LogP) is 0.672. The van der Waals surface area contributed by atoms with E-state index in [0.717, 1.165) is 13.1 Å². The number of carbonyl (C=O) groups excluding carboxylic acids is 1. The summed E-state index contributed by atoms with van der Waals surface area (Å²) >= 11 is 5.84. The highest BCUT2D eigenvalue weighted by Crippen LogP contribution is 2.20. The molecule has 0 saturated carbocycles. The number of aliphatic hydroxyl groups excluding tert-OH is 1. The van der Waals surface area contributed by atoms with Crippen LogP contribution in [0.3, 0.4) is 0 Å². The summed E-state index contributed by atoms with van der Waals surface area (Å²) in [5, 5.41) is 9.34. The number of hydrogen-bond acceptors (Lipinski definition) is 4. The average molecular weight is 284 g/mol. The van der Waals surface area contributed by atoms with Crippen molar-refractivity contribution in [1.82, 2.24) is 9.80 Å². The minimum Gasteiger partial charge on any atom is -0.398 e. The van der Waals surface area contributed by atoms with Crippen molar-refractivity contribution < 1.29 is 9.90 Å². The highest BCUT2D eigenvalue weighted by atomic mass is 35.5. The Balaban J connectivity index is 1.99. The first kappa shape index (κ1) is 14.1. The summed E-state index contributed by atoms with van der Waals surface area (Å²) in [6.45, 7) is 3.73. The summed E-state index contributed by atoms with van der Waals surface area (Å²) in [6, 6.07) is 4.96. The Labute approximate surface area is 117 Å². The van der Waals surface area contributed by atoms with Gasteiger partial charge in [-0.1, -0.05) is 11.6 Å². The van der Waals surface area contributed by atoms with E-state index in [2.05, 4.69) is 4.90 Å². The van der Waals surface area contributed by atoms with Crippen molar-refractivity contribution in [1.29, 1.82) is 0 Å². The van der Waals surface area contributed by atoms with E-state index in [4.69, 9.17) is 22.4 Å². The number of amides is 1. The van der Waals surface area contributed by atoms with Crippen LogP contribution < -0.4 is 5.73 Å². The minimum atomic E-state index is -0.0213. The molecule has 6 heteroatoms. The Bertz CT molecular complexity index is 459. The summed E-state index contributed by atoms with van der Waals surface area (Å²) in [4.78, 5) is 16.2. The van der Waals surface area contributed by atoms with Crippen LogP contribution in [0.4, 0.5) is 5.69 Å². The first-order valence-electron chi connectivity index (χ1n) is 6.29. The molecule has 19 heavy (non-hydrogen) atoms. The van der Waals surface area contributed by atoms with Crippen molar-refractivity contribution in [3.8, 4) is 0 Å². The fourth-order valence-electron chi connectivity index (χ4n) is 2.18. The minimum absolute atomic E-state index is 0.0213. The molecule has 1 amide bonds. The number of hydrogen-bond donors (Lipinski definition) is 2. The molecule has 2 rings (SSSR count). The summed E-state index contributed by atoms with van der Waals surface area (Å²) in [6.07, 6.45) is 0. The Morgan fingerprint density at radius 3 is 2.58 bits per heavy atom. The van der Waals surface area contributed by atoms with Gasteiger partial charge in [-0.15, -0.1) is 0 Å². The quantitative estimate of drug-likeness (QED) is 0.800. The number of nitrogens with two attached hydrogens (primary N) is 1. The lowest BCUT2D eigenvalue weighted by Gasteiger charge is -2.34. The first-order chi connectivity index (χ1) is 9.11. The molecule has 5 nitrogen and oxygen atoms in total. The second-order valence-electron chi connectivity index (χ2n) is 4.59. The number of halogens is 1. The van der Waals surface area contributed by atoms with E-state index in [0.29, 0.717) is 35.9 Å². The number of piperazine rings is 1. The third-order valence-corrected chi connectivity index (χ3v) is 3.66. The second-order valence-corrected chi connectivity index (χ2v) is 5.00. The van der Waals surface area contributed by atoms with Gasteiger partial charge < -0.3 is 15.7 Å². The van der Waals surface area contributed by atoms with Crippen LogP contribution in [-0.4, -0.2) is 60.1 Å². The molecule has 1 heterocycles. The van der Waals surface area contributed by atoms with Gasteiger partial charge in [0.15, 0.2) is 0 Å². The average Bonchev–Trinajstić information content (AvgIpc) is 2.42. The number of anilines is 1. The number of β-amino-alcohol motifs (C(OH)–C–C–N with tert-alkyl or cyclic N) is 1. The molecule has 1 aromatic rings. The predicted molar refractivity (Wildman–Crippen MR) is 75.3 cm³/mol. The number of rotatable bonds is 3. The van der Waals surface area contributed by atoms with E-state index in [1.165, 1.54) is 0 Å². The molecular formula is C13H18ClN3O2. The van der Waals surface area contributed by atoms with Crippen LogP contribution >= 0.6 is 11.6 Å². The SMILES string of the molecule is Nc1cc(C(=O)N2CCN(CCO)CC2)ccc1Cl. The van der Waals surface area contributed by atoms with Crippen LogP contribution in [0.1, 0.15) is 10.4 Å². The summed E-state index contributed by atoms with van der Waals surface area (Å²) in [7, 11) is 0. The van der Waals surface area contributed by atoms with Gasteiger partial charge in [-0.2, -0.15) is 0 Å². The fraction of sp³-hybridized carbons (Fsp3) is 0.462. The molecule has 0 aliphatic carbocycles. The van der Waals surface area contributed by atoms with Crippen LogP contribution in [0.15, 0.2) is 18.2 Å². The monoisotopic (exact) mass is 283 g/mol. The van der Waals surface area contributed by atoms with Gasteiger partial charge in [0, 0.05) is 38.3 Å². The molecule has 1 aliphatic heterocycles. The van der Waals surface area contributed by atoms with Gasteiger partial charge in [-0.05, 0) is 18.2 Å². The zero-order valence-corrected chi connectivity index (χ0v) is 11.4. The summed E-state index contributed by atoms with van der Waals surface area (Å²) < 4.78 is 0. The lowest BCUT2D eigenvalue weighted by Crippen LogP contribution is -2.49. The van der Waals surface area contributed by atoms with Gasteiger partial charge in [0.25, 0.3) is 5.91 Å². The smallest absolute Gasteiger partial charge is 0.254 e. The lowest BCUT2D eigenvalue weighted by molar-refractivity contribution is 0.0615. The van der Waals surface area contributed by atoms with Crippen LogP contribution in [0, 0.1) is 0 Å². The number of carbonyl (C=O) groups is 1. The molecule has 3 N–H and O–H groups in total. The molecule has 0 atom stereocenters. The van der Waals surface area contributed by atoms with Crippen molar-refractivity contribution in [2.24, 2.45) is 0 Å². The van der Waals surface area contributed by atoms with Gasteiger partial charge in [0.05, 0.1) is 17.3 Å². The molecule has 0 bridgehead atoms. The third-order valence-electron chi connectivity index (χ3n) is 3.32. The van der Waals surface area contributed by atoms with E-state index in [1.807, 2.05) is 0 Å². The number of nitrogen functional groups attached to an aromatic ring is 1. The van der Waals surface area contributed by atoms with Gasteiger partial charge in [-0.3, -0.25) is 9.69 Å². The zero-order chi connectivity index (χ0) is 13.8. The Hall–Kier alpha value is -1.30. The van der Waals surface area contributed by atoms with E-state index >= 15 is 0 Å². The Morgan fingerprint density at radius 2 is 2.00 bits per heavy atom. The second kappa shape index (κ2) is 6.23. The normalized spacial score (nSPS) is 16.6. The van der Waals surface area contributed by atoms with Crippen LogP contribution in [0.5, 0.6) is 0 Å².